The van der Waals surface area contributed by atoms with Crippen LogP contribution in [0.25, 0.3) is 0 Å². The van der Waals surface area contributed by atoms with E-state index in [0.29, 0.717) is 12.2 Å². The predicted molar refractivity (Wildman–Crippen MR) is 70.8 cm³/mol. The Morgan fingerprint density at radius 1 is 1.40 bits per heavy atom. The predicted octanol–water partition coefficient (Wildman–Crippen LogP) is 0.320. The van der Waals surface area contributed by atoms with Gasteiger partial charge < -0.3 is 9.64 Å². The van der Waals surface area contributed by atoms with E-state index in [1.807, 2.05) is 6.07 Å². The second-order valence-electron chi connectivity index (χ2n) is 4.61. The molecule has 2 rings (SSSR count). The monoisotopic (exact) mass is 276 g/mol. The molecule has 1 fully saturated rings. The average molecular weight is 276 g/mol. The van der Waals surface area contributed by atoms with E-state index in [4.69, 9.17) is 4.74 Å². The van der Waals surface area contributed by atoms with Crippen molar-refractivity contribution >= 4 is 17.7 Å². The lowest BCUT2D eigenvalue weighted by atomic mass is 10.0. The van der Waals surface area contributed by atoms with Crippen LogP contribution in [0.2, 0.25) is 0 Å². The first-order valence-electron chi connectivity index (χ1n) is 6.26. The van der Waals surface area contributed by atoms with Gasteiger partial charge in [0, 0.05) is 12.7 Å². The normalized spacial score (nSPS) is 18.9. The summed E-state index contributed by atoms with van der Waals surface area (Å²) in [5.74, 6) is -1.27. The van der Waals surface area contributed by atoms with Gasteiger partial charge in [-0.3, -0.25) is 19.7 Å². The zero-order valence-electron chi connectivity index (χ0n) is 11.4. The number of nitrogens with zero attached hydrogens (tertiary/aromatic N) is 1. The molecule has 1 atom stereocenters. The van der Waals surface area contributed by atoms with Gasteiger partial charge in [-0.1, -0.05) is 18.2 Å². The summed E-state index contributed by atoms with van der Waals surface area (Å²) in [6.45, 7) is 1.77. The van der Waals surface area contributed by atoms with Gasteiger partial charge in [-0.25, -0.2) is 0 Å². The second-order valence-corrected chi connectivity index (χ2v) is 4.61. The van der Waals surface area contributed by atoms with Crippen molar-refractivity contribution in [2.24, 2.45) is 0 Å². The molecule has 1 aliphatic rings. The van der Waals surface area contributed by atoms with Crippen molar-refractivity contribution in [1.29, 1.82) is 0 Å². The zero-order chi connectivity index (χ0) is 14.7. The molecule has 1 unspecified atom stereocenters. The van der Waals surface area contributed by atoms with Gasteiger partial charge in [-0.2, -0.15) is 0 Å². The van der Waals surface area contributed by atoms with Crippen molar-refractivity contribution < 1.29 is 19.1 Å². The molecule has 0 aliphatic carbocycles. The zero-order valence-corrected chi connectivity index (χ0v) is 11.4. The van der Waals surface area contributed by atoms with Crippen LogP contribution in [0.4, 0.5) is 0 Å². The molecule has 106 valence electrons. The van der Waals surface area contributed by atoms with Gasteiger partial charge in [0.1, 0.15) is 12.6 Å². The molecule has 0 aromatic heterocycles. The van der Waals surface area contributed by atoms with Crippen molar-refractivity contribution in [3.8, 4) is 0 Å². The van der Waals surface area contributed by atoms with E-state index in [0.717, 1.165) is 5.56 Å². The summed E-state index contributed by atoms with van der Waals surface area (Å²) in [5, 5.41) is 2.21. The molecule has 6 nitrogen and oxygen atoms in total. The minimum atomic E-state index is -0.671. The van der Waals surface area contributed by atoms with E-state index in [2.05, 4.69) is 5.32 Å². The Labute approximate surface area is 116 Å². The molecule has 1 N–H and O–H groups in total. The van der Waals surface area contributed by atoms with Crippen LogP contribution in [0, 0.1) is 0 Å². The Balaban J connectivity index is 2.30. The highest BCUT2D eigenvalue weighted by Crippen LogP contribution is 2.16. The highest BCUT2D eigenvalue weighted by atomic mass is 16.5. The number of nitrogens with one attached hydrogen (secondary N) is 1. The molecule has 3 amide bonds. The largest absolute Gasteiger partial charge is 0.380 e. The van der Waals surface area contributed by atoms with Gasteiger partial charge in [-0.15, -0.1) is 0 Å². The van der Waals surface area contributed by atoms with Crippen LogP contribution in [-0.2, 0) is 20.9 Å². The molecule has 1 saturated heterocycles. The number of hydrogen-bond acceptors (Lipinski definition) is 4. The maximum Gasteiger partial charge on any atom is 0.255 e. The number of rotatable bonds is 3. The first kappa shape index (κ1) is 14.2. The van der Waals surface area contributed by atoms with Gasteiger partial charge in [0.2, 0.25) is 11.8 Å². The van der Waals surface area contributed by atoms with Crippen LogP contribution in [0.15, 0.2) is 24.3 Å². The van der Waals surface area contributed by atoms with Gasteiger partial charge in [0.05, 0.1) is 6.61 Å². The fourth-order valence-corrected chi connectivity index (χ4v) is 2.13. The van der Waals surface area contributed by atoms with Gasteiger partial charge in [-0.05, 0) is 18.6 Å². The minimum absolute atomic E-state index is 0.118. The Bertz CT molecular complexity index is 556. The maximum atomic E-state index is 12.5. The Morgan fingerprint density at radius 2 is 2.10 bits per heavy atom. The van der Waals surface area contributed by atoms with Crippen LogP contribution >= 0.6 is 0 Å². The van der Waals surface area contributed by atoms with E-state index in [9.17, 15) is 14.4 Å². The van der Waals surface area contributed by atoms with Gasteiger partial charge in [0.25, 0.3) is 5.91 Å². The molecule has 1 aromatic carbocycles. The van der Waals surface area contributed by atoms with E-state index in [1.54, 1.807) is 32.2 Å². The molecule has 0 bridgehead atoms. The van der Waals surface area contributed by atoms with Gasteiger partial charge >= 0.3 is 0 Å². The van der Waals surface area contributed by atoms with Crippen molar-refractivity contribution in [2.45, 2.75) is 19.6 Å². The molecule has 6 heteroatoms. The molecule has 0 radical (unpaired) electrons. The van der Waals surface area contributed by atoms with E-state index < -0.39 is 17.9 Å². The number of hydrogen-bond donors (Lipinski definition) is 1. The lowest BCUT2D eigenvalue weighted by Crippen LogP contribution is -2.58. The van der Waals surface area contributed by atoms with E-state index in [-0.39, 0.29) is 12.5 Å². The van der Waals surface area contributed by atoms with Crippen molar-refractivity contribution in [1.82, 2.24) is 10.2 Å². The number of methoxy groups -OCH3 is 1. The molecular weight excluding hydrogens is 260 g/mol. The lowest BCUT2D eigenvalue weighted by molar-refractivity contribution is -0.138. The number of amides is 3. The van der Waals surface area contributed by atoms with Crippen LogP contribution < -0.4 is 5.32 Å². The highest BCUT2D eigenvalue weighted by Gasteiger charge is 2.34. The number of carbonyl (C=O) groups is 3. The molecule has 1 aromatic rings. The second kappa shape index (κ2) is 5.83. The molecule has 1 heterocycles. The Hall–Kier alpha value is -2.21. The smallest absolute Gasteiger partial charge is 0.255 e. The average Bonchev–Trinajstić information content (AvgIpc) is 2.43. The first-order chi connectivity index (χ1) is 9.54. The summed E-state index contributed by atoms with van der Waals surface area (Å²) in [5.41, 5.74) is 1.18. The van der Waals surface area contributed by atoms with Crippen molar-refractivity contribution in [3.63, 3.8) is 0 Å². The Morgan fingerprint density at radius 3 is 2.80 bits per heavy atom. The summed E-state index contributed by atoms with van der Waals surface area (Å²) in [6.07, 6.45) is 0. The fraction of sp³-hybridized carbons (Fsp3) is 0.357. The lowest BCUT2D eigenvalue weighted by Gasteiger charge is -2.32. The summed E-state index contributed by atoms with van der Waals surface area (Å²) >= 11 is 0. The first-order valence-corrected chi connectivity index (χ1v) is 6.26. The summed E-state index contributed by atoms with van der Waals surface area (Å²) < 4.78 is 5.06. The third-order valence-electron chi connectivity index (χ3n) is 3.23. The Kier molecular flexibility index (Phi) is 4.14. The number of benzene rings is 1. The van der Waals surface area contributed by atoms with Crippen LogP contribution in [0.1, 0.15) is 22.8 Å². The summed E-state index contributed by atoms with van der Waals surface area (Å²) in [6, 6.07) is 6.33. The van der Waals surface area contributed by atoms with Gasteiger partial charge in [0.15, 0.2) is 0 Å². The number of imide groups is 1. The summed E-state index contributed by atoms with van der Waals surface area (Å²) in [4.78, 5) is 36.8. The third kappa shape index (κ3) is 2.70. The molecular formula is C14H16N2O4. The maximum absolute atomic E-state index is 12.5. The summed E-state index contributed by atoms with van der Waals surface area (Å²) in [7, 11) is 1.54. The third-order valence-corrected chi connectivity index (χ3v) is 3.23. The molecule has 0 saturated carbocycles. The molecule has 20 heavy (non-hydrogen) atoms. The SMILES string of the molecule is COCc1ccccc1C(=O)N1CC(=O)NC(=O)C1C. The fourth-order valence-electron chi connectivity index (χ4n) is 2.13. The van der Waals surface area contributed by atoms with Crippen molar-refractivity contribution in [2.75, 3.05) is 13.7 Å². The van der Waals surface area contributed by atoms with Crippen LogP contribution in [0.5, 0.6) is 0 Å². The van der Waals surface area contributed by atoms with Crippen molar-refractivity contribution in [3.05, 3.63) is 35.4 Å². The highest BCUT2D eigenvalue weighted by molar-refractivity contribution is 6.07. The van der Waals surface area contributed by atoms with Crippen LogP contribution in [-0.4, -0.2) is 42.3 Å². The van der Waals surface area contributed by atoms with E-state index in [1.165, 1.54) is 4.90 Å². The number of carbonyl (C=O) groups excluding carboxylic acids is 3. The number of piperazine rings is 1. The standard InChI is InChI=1S/C14H16N2O4/c1-9-13(18)15-12(17)7-16(9)14(19)11-6-4-3-5-10(11)8-20-2/h3-6,9H,7-8H2,1-2H3,(H,15,17,18). The minimum Gasteiger partial charge on any atom is -0.380 e. The molecule has 1 aliphatic heterocycles. The quantitative estimate of drug-likeness (QED) is 0.807. The van der Waals surface area contributed by atoms with E-state index >= 15 is 0 Å². The van der Waals surface area contributed by atoms with Crippen LogP contribution in [0.3, 0.4) is 0 Å². The number of ether oxygens (including phenoxy) is 1. The molecule has 0 spiro atoms. The topological polar surface area (TPSA) is 75.7 Å².